The van der Waals surface area contributed by atoms with Gasteiger partial charge in [-0.25, -0.2) is 4.79 Å². The highest BCUT2D eigenvalue weighted by Gasteiger charge is 2.24. The van der Waals surface area contributed by atoms with Crippen molar-refractivity contribution in [3.05, 3.63) is 39.9 Å². The number of unbranched alkanes of at least 4 members (excludes halogenated alkanes) is 2. The Morgan fingerprint density at radius 2 is 1.81 bits per heavy atom. The molecular formula is C19H29N3O5. The van der Waals surface area contributed by atoms with Crippen LogP contribution >= 0.6 is 0 Å². The molecule has 0 heterocycles. The molecule has 8 nitrogen and oxygen atoms in total. The number of alkyl carbamates (subject to hydrolysis) is 1. The largest absolute Gasteiger partial charge is 0.444 e. The summed E-state index contributed by atoms with van der Waals surface area (Å²) in [5.74, 6) is -0.310. The summed E-state index contributed by atoms with van der Waals surface area (Å²) in [6, 6.07) is 5.07. The molecular weight excluding hydrogens is 350 g/mol. The maximum absolute atomic E-state index is 12.5. The Morgan fingerprint density at radius 1 is 1.19 bits per heavy atom. The van der Waals surface area contributed by atoms with Gasteiger partial charge in [0.05, 0.1) is 4.92 Å². The lowest BCUT2D eigenvalue weighted by Gasteiger charge is -2.23. The predicted molar refractivity (Wildman–Crippen MR) is 102 cm³/mol. The fraction of sp³-hybridized carbons (Fsp3) is 0.579. The first-order valence-electron chi connectivity index (χ1n) is 9.13. The van der Waals surface area contributed by atoms with Crippen molar-refractivity contribution in [3.8, 4) is 0 Å². The second-order valence-electron chi connectivity index (χ2n) is 7.32. The van der Waals surface area contributed by atoms with Crippen LogP contribution in [0.4, 0.5) is 10.5 Å². The van der Waals surface area contributed by atoms with E-state index >= 15 is 0 Å². The van der Waals surface area contributed by atoms with E-state index in [0.29, 0.717) is 12.1 Å². The molecule has 0 aromatic heterocycles. The van der Waals surface area contributed by atoms with Crippen molar-refractivity contribution in [2.24, 2.45) is 0 Å². The molecule has 0 aliphatic rings. The summed E-state index contributed by atoms with van der Waals surface area (Å²) >= 11 is 0. The highest BCUT2D eigenvalue weighted by Crippen LogP contribution is 2.14. The van der Waals surface area contributed by atoms with Gasteiger partial charge in [-0.15, -0.1) is 0 Å². The number of carbonyl (C=O) groups is 2. The Morgan fingerprint density at radius 3 is 2.33 bits per heavy atom. The van der Waals surface area contributed by atoms with Crippen molar-refractivity contribution in [1.82, 2.24) is 10.6 Å². The van der Waals surface area contributed by atoms with Crippen LogP contribution in [0, 0.1) is 10.1 Å². The van der Waals surface area contributed by atoms with Gasteiger partial charge >= 0.3 is 6.09 Å². The maximum Gasteiger partial charge on any atom is 0.408 e. The van der Waals surface area contributed by atoms with Gasteiger partial charge in [-0.3, -0.25) is 14.9 Å². The lowest BCUT2D eigenvalue weighted by atomic mass is 10.0. The van der Waals surface area contributed by atoms with E-state index in [0.717, 1.165) is 19.3 Å². The molecule has 0 fully saturated rings. The number of amides is 2. The zero-order valence-electron chi connectivity index (χ0n) is 16.4. The fourth-order valence-corrected chi connectivity index (χ4v) is 2.36. The Kier molecular flexibility index (Phi) is 8.71. The van der Waals surface area contributed by atoms with Crippen LogP contribution in [0.2, 0.25) is 0 Å². The number of hydrogen-bond donors (Lipinski definition) is 2. The van der Waals surface area contributed by atoms with Crippen LogP contribution in [0.1, 0.15) is 52.5 Å². The third-order valence-electron chi connectivity index (χ3n) is 3.67. The quantitative estimate of drug-likeness (QED) is 0.388. The van der Waals surface area contributed by atoms with Gasteiger partial charge in [0.1, 0.15) is 11.6 Å². The highest BCUT2D eigenvalue weighted by atomic mass is 16.6. The van der Waals surface area contributed by atoms with Gasteiger partial charge < -0.3 is 15.4 Å². The van der Waals surface area contributed by atoms with E-state index in [1.165, 1.54) is 12.1 Å². The molecule has 0 aliphatic carbocycles. The van der Waals surface area contributed by atoms with E-state index in [-0.39, 0.29) is 18.0 Å². The standard InChI is InChI=1S/C19H29N3O5/c1-5-6-7-12-20-17(23)16(21-18(24)27-19(2,3)4)13-14-8-10-15(11-9-14)22(25)26/h8-11,16H,5-7,12-13H2,1-4H3,(H,20,23)(H,21,24)/t16-/m0/s1. The van der Waals surface area contributed by atoms with Gasteiger partial charge in [-0.05, 0) is 32.8 Å². The average Bonchev–Trinajstić information content (AvgIpc) is 2.56. The van der Waals surface area contributed by atoms with Crippen LogP contribution in [-0.2, 0) is 16.0 Å². The minimum atomic E-state index is -0.831. The molecule has 0 bridgehead atoms. The maximum atomic E-state index is 12.5. The van der Waals surface area contributed by atoms with Gasteiger partial charge in [-0.2, -0.15) is 0 Å². The lowest BCUT2D eigenvalue weighted by Crippen LogP contribution is -2.49. The summed E-state index contributed by atoms with van der Waals surface area (Å²) in [5.41, 5.74) is -0.00986. The molecule has 0 aliphatic heterocycles. The third kappa shape index (κ3) is 9.03. The molecule has 1 aromatic carbocycles. The Bertz CT molecular complexity index is 638. The molecule has 1 aromatic rings. The minimum Gasteiger partial charge on any atom is -0.444 e. The zero-order chi connectivity index (χ0) is 20.4. The van der Waals surface area contributed by atoms with Crippen molar-refractivity contribution < 1.29 is 19.2 Å². The van der Waals surface area contributed by atoms with E-state index in [2.05, 4.69) is 17.6 Å². The number of ether oxygens (including phenoxy) is 1. The number of nitro groups is 1. The fourth-order valence-electron chi connectivity index (χ4n) is 2.36. The molecule has 2 N–H and O–H groups in total. The smallest absolute Gasteiger partial charge is 0.408 e. The second kappa shape index (κ2) is 10.5. The van der Waals surface area contributed by atoms with Crippen molar-refractivity contribution in [3.63, 3.8) is 0 Å². The molecule has 0 radical (unpaired) electrons. The predicted octanol–water partition coefficient (Wildman–Crippen LogP) is 3.34. The molecule has 1 atom stereocenters. The SMILES string of the molecule is CCCCCNC(=O)[C@H](Cc1ccc([N+](=O)[O-])cc1)NC(=O)OC(C)(C)C. The molecule has 27 heavy (non-hydrogen) atoms. The van der Waals surface area contributed by atoms with Gasteiger partial charge in [0.25, 0.3) is 5.69 Å². The number of non-ortho nitro benzene ring substituents is 1. The molecule has 0 spiro atoms. The Hall–Kier alpha value is -2.64. The molecule has 0 unspecified atom stereocenters. The first-order chi connectivity index (χ1) is 12.6. The number of benzene rings is 1. The highest BCUT2D eigenvalue weighted by molar-refractivity contribution is 5.86. The normalized spacial score (nSPS) is 12.1. The molecule has 150 valence electrons. The van der Waals surface area contributed by atoms with Crippen molar-refractivity contribution in [1.29, 1.82) is 0 Å². The molecule has 1 rings (SSSR count). The first-order valence-corrected chi connectivity index (χ1v) is 9.13. The monoisotopic (exact) mass is 379 g/mol. The van der Waals surface area contributed by atoms with Crippen LogP contribution in [0.25, 0.3) is 0 Å². The van der Waals surface area contributed by atoms with Crippen LogP contribution in [-0.4, -0.2) is 35.1 Å². The number of carbonyl (C=O) groups excluding carboxylic acids is 2. The van der Waals surface area contributed by atoms with Crippen molar-refractivity contribution in [2.75, 3.05) is 6.54 Å². The molecule has 0 saturated heterocycles. The summed E-state index contributed by atoms with van der Waals surface area (Å²) in [4.78, 5) is 34.9. The zero-order valence-corrected chi connectivity index (χ0v) is 16.4. The number of nitrogens with zero attached hydrogens (tertiary/aromatic N) is 1. The number of rotatable bonds is 9. The van der Waals surface area contributed by atoms with E-state index < -0.39 is 22.7 Å². The minimum absolute atomic E-state index is 0.0283. The van der Waals surface area contributed by atoms with Crippen LogP contribution < -0.4 is 10.6 Å². The first kappa shape index (κ1) is 22.4. The number of nitro benzene ring substituents is 1. The number of hydrogen-bond acceptors (Lipinski definition) is 5. The van der Waals surface area contributed by atoms with Crippen LogP contribution in [0.15, 0.2) is 24.3 Å². The number of nitrogens with one attached hydrogen (secondary N) is 2. The Labute approximate surface area is 159 Å². The average molecular weight is 379 g/mol. The van der Waals surface area contributed by atoms with Crippen molar-refractivity contribution in [2.45, 2.75) is 65.0 Å². The lowest BCUT2D eigenvalue weighted by molar-refractivity contribution is -0.384. The Balaban J connectivity index is 2.80. The summed E-state index contributed by atoms with van der Waals surface area (Å²) < 4.78 is 5.23. The second-order valence-corrected chi connectivity index (χ2v) is 7.32. The topological polar surface area (TPSA) is 111 Å². The van der Waals surface area contributed by atoms with Gasteiger partial charge in [0.2, 0.25) is 5.91 Å². The summed E-state index contributed by atoms with van der Waals surface area (Å²) in [6.45, 7) is 7.82. The molecule has 2 amide bonds. The summed E-state index contributed by atoms with van der Waals surface area (Å²) in [5, 5.41) is 16.2. The molecule has 0 saturated carbocycles. The summed E-state index contributed by atoms with van der Waals surface area (Å²) in [6.07, 6.45) is 2.43. The van der Waals surface area contributed by atoms with Gasteiger partial charge in [0.15, 0.2) is 0 Å². The van der Waals surface area contributed by atoms with E-state index in [1.54, 1.807) is 32.9 Å². The third-order valence-corrected chi connectivity index (χ3v) is 3.67. The van der Waals surface area contributed by atoms with Crippen molar-refractivity contribution >= 4 is 17.7 Å². The summed E-state index contributed by atoms with van der Waals surface area (Å²) in [7, 11) is 0. The van der Waals surface area contributed by atoms with E-state index in [1.807, 2.05) is 0 Å². The van der Waals surface area contributed by atoms with E-state index in [9.17, 15) is 19.7 Å². The van der Waals surface area contributed by atoms with Gasteiger partial charge in [-0.1, -0.05) is 31.9 Å². The van der Waals surface area contributed by atoms with E-state index in [4.69, 9.17) is 4.74 Å². The van der Waals surface area contributed by atoms with Gasteiger partial charge in [0, 0.05) is 25.1 Å². The molecule has 8 heteroatoms. The van der Waals surface area contributed by atoms with Crippen LogP contribution in [0.3, 0.4) is 0 Å². The van der Waals surface area contributed by atoms with Crippen LogP contribution in [0.5, 0.6) is 0 Å².